The van der Waals surface area contributed by atoms with Gasteiger partial charge in [-0.25, -0.2) is 9.98 Å². The Kier molecular flexibility index (Phi) is 7.42. The van der Waals surface area contributed by atoms with Gasteiger partial charge in [0.1, 0.15) is 17.0 Å². The first-order valence-corrected chi connectivity index (χ1v) is 19.1. The van der Waals surface area contributed by atoms with Crippen LogP contribution in [0.2, 0.25) is 0 Å². The standard InChI is InChI=1S/C52H35N3O/c1-55-51(37-19-12-18-35(30-37)33-14-4-2-5-15-33)53-50(34-16-6-3-7-17-34)54-52(55)38-27-29-45-48(32-38)56-47-25-13-24-39(49(45)47)36-26-28-44-42-22-9-8-20-40(42)41-21-10-11-23-43(41)46(44)31-36/h2-32,52H,1H3. The monoisotopic (exact) mass is 717 g/mol. The number of hydrogen-bond acceptors (Lipinski definition) is 4. The zero-order valence-corrected chi connectivity index (χ0v) is 30.7. The number of hydrogen-bond donors (Lipinski definition) is 0. The summed E-state index contributed by atoms with van der Waals surface area (Å²) in [4.78, 5) is 12.6. The highest BCUT2D eigenvalue weighted by Gasteiger charge is 2.28. The van der Waals surface area contributed by atoms with E-state index in [4.69, 9.17) is 14.4 Å². The van der Waals surface area contributed by atoms with Gasteiger partial charge in [0.05, 0.1) is 0 Å². The summed E-state index contributed by atoms with van der Waals surface area (Å²) in [7, 11) is 2.08. The zero-order valence-electron chi connectivity index (χ0n) is 30.7. The lowest BCUT2D eigenvalue weighted by Gasteiger charge is -2.32. The Bertz CT molecular complexity index is 3180. The van der Waals surface area contributed by atoms with Crippen molar-refractivity contribution in [3.8, 4) is 22.3 Å². The van der Waals surface area contributed by atoms with Gasteiger partial charge >= 0.3 is 0 Å². The summed E-state index contributed by atoms with van der Waals surface area (Å²) >= 11 is 0. The second-order valence-corrected chi connectivity index (χ2v) is 14.6. The van der Waals surface area contributed by atoms with Gasteiger partial charge in [-0.05, 0) is 78.8 Å². The number of benzene rings is 9. The second-order valence-electron chi connectivity index (χ2n) is 14.6. The predicted molar refractivity (Wildman–Crippen MR) is 234 cm³/mol. The number of furan rings is 1. The van der Waals surface area contributed by atoms with Gasteiger partial charge in [0.2, 0.25) is 0 Å². The molecule has 0 spiro atoms. The van der Waals surface area contributed by atoms with Crippen LogP contribution in [-0.2, 0) is 0 Å². The van der Waals surface area contributed by atoms with E-state index >= 15 is 0 Å². The maximum Gasteiger partial charge on any atom is 0.159 e. The summed E-state index contributed by atoms with van der Waals surface area (Å²) in [5, 5.41) is 9.80. The molecule has 1 aliphatic heterocycles. The van der Waals surface area contributed by atoms with Crippen LogP contribution in [0.3, 0.4) is 0 Å². The van der Waals surface area contributed by atoms with E-state index in [1.807, 2.05) is 24.3 Å². The number of nitrogens with zero attached hydrogens (tertiary/aromatic N) is 3. The van der Waals surface area contributed by atoms with Crippen molar-refractivity contribution in [2.24, 2.45) is 9.98 Å². The van der Waals surface area contributed by atoms with E-state index in [0.717, 1.165) is 61.2 Å². The summed E-state index contributed by atoms with van der Waals surface area (Å²) in [6.45, 7) is 0. The largest absolute Gasteiger partial charge is 0.456 e. The Morgan fingerprint density at radius 1 is 0.429 bits per heavy atom. The molecule has 11 rings (SSSR count). The smallest absolute Gasteiger partial charge is 0.159 e. The third-order valence-electron chi connectivity index (χ3n) is 11.3. The normalized spacial score (nSPS) is 14.5. The maximum absolute atomic E-state index is 6.69. The Balaban J connectivity index is 1.03. The minimum atomic E-state index is -0.321. The van der Waals surface area contributed by atoms with Crippen LogP contribution in [0.1, 0.15) is 22.9 Å². The molecule has 2 heterocycles. The van der Waals surface area contributed by atoms with Gasteiger partial charge in [-0.15, -0.1) is 0 Å². The van der Waals surface area contributed by atoms with E-state index < -0.39 is 0 Å². The second kappa shape index (κ2) is 12.9. The van der Waals surface area contributed by atoms with E-state index in [9.17, 15) is 0 Å². The van der Waals surface area contributed by atoms with Crippen LogP contribution in [-0.4, -0.2) is 23.6 Å². The quantitative estimate of drug-likeness (QED) is 0.166. The molecule has 4 heteroatoms. The first kappa shape index (κ1) is 32.2. The molecule has 1 aromatic heterocycles. The molecule has 0 aliphatic carbocycles. The first-order chi connectivity index (χ1) is 27.7. The molecular weight excluding hydrogens is 683 g/mol. The highest BCUT2D eigenvalue weighted by molar-refractivity contribution is 6.26. The van der Waals surface area contributed by atoms with Crippen LogP contribution in [0.5, 0.6) is 0 Å². The molecule has 1 aliphatic rings. The minimum Gasteiger partial charge on any atom is -0.456 e. The van der Waals surface area contributed by atoms with Gasteiger partial charge in [0.25, 0.3) is 0 Å². The summed E-state index contributed by atoms with van der Waals surface area (Å²) in [6, 6.07) is 66.7. The van der Waals surface area contributed by atoms with Crippen molar-refractivity contribution >= 4 is 65.9 Å². The van der Waals surface area contributed by atoms with Gasteiger partial charge in [-0.3, -0.25) is 0 Å². The van der Waals surface area contributed by atoms with Gasteiger partial charge in [0, 0.05) is 34.5 Å². The van der Waals surface area contributed by atoms with Crippen molar-refractivity contribution < 1.29 is 4.42 Å². The van der Waals surface area contributed by atoms with E-state index in [1.54, 1.807) is 0 Å². The fraction of sp³-hybridized carbons (Fsp3) is 0.0385. The number of aliphatic imine (C=N–C) groups is 2. The molecule has 4 nitrogen and oxygen atoms in total. The predicted octanol–water partition coefficient (Wildman–Crippen LogP) is 13.2. The molecule has 0 saturated heterocycles. The van der Waals surface area contributed by atoms with Crippen LogP contribution < -0.4 is 0 Å². The molecule has 0 radical (unpaired) electrons. The Morgan fingerprint density at radius 2 is 1.02 bits per heavy atom. The van der Waals surface area contributed by atoms with Gasteiger partial charge < -0.3 is 9.32 Å². The van der Waals surface area contributed by atoms with Crippen LogP contribution in [0.15, 0.2) is 202 Å². The molecule has 10 aromatic rings. The highest BCUT2D eigenvalue weighted by atomic mass is 16.3. The molecule has 56 heavy (non-hydrogen) atoms. The summed E-state index contributed by atoms with van der Waals surface area (Å²) in [5.41, 5.74) is 9.38. The molecule has 9 aromatic carbocycles. The lowest BCUT2D eigenvalue weighted by Crippen LogP contribution is -2.35. The number of rotatable bonds is 5. The molecular formula is C52H35N3O. The lowest BCUT2D eigenvalue weighted by molar-refractivity contribution is 0.383. The van der Waals surface area contributed by atoms with E-state index in [2.05, 4.69) is 176 Å². The van der Waals surface area contributed by atoms with Crippen molar-refractivity contribution in [3.63, 3.8) is 0 Å². The van der Waals surface area contributed by atoms with Gasteiger partial charge in [-0.1, -0.05) is 164 Å². The summed E-state index contributed by atoms with van der Waals surface area (Å²) < 4.78 is 6.69. The summed E-state index contributed by atoms with van der Waals surface area (Å²) in [6.07, 6.45) is -0.321. The Morgan fingerprint density at radius 3 is 1.75 bits per heavy atom. The van der Waals surface area contributed by atoms with Crippen molar-refractivity contribution in [2.45, 2.75) is 6.17 Å². The SMILES string of the molecule is CN1C(c2cccc(-c3ccccc3)c2)=NC(c2ccccc2)=NC1c1ccc2c(c1)oc1cccc(-c3ccc4c5ccccc5c5ccccc5c4c3)c12. The molecule has 0 bridgehead atoms. The zero-order chi connectivity index (χ0) is 37.2. The van der Waals surface area contributed by atoms with Crippen molar-refractivity contribution in [2.75, 3.05) is 7.05 Å². The highest BCUT2D eigenvalue weighted by Crippen LogP contribution is 2.42. The molecule has 264 valence electrons. The molecule has 0 amide bonds. The molecule has 1 atom stereocenters. The minimum absolute atomic E-state index is 0.321. The third-order valence-corrected chi connectivity index (χ3v) is 11.3. The molecule has 1 unspecified atom stereocenters. The van der Waals surface area contributed by atoms with Crippen LogP contribution in [0.25, 0.3) is 76.5 Å². The number of amidine groups is 2. The average Bonchev–Trinajstić information content (AvgIpc) is 3.65. The van der Waals surface area contributed by atoms with Gasteiger partial charge in [-0.2, -0.15) is 0 Å². The molecule has 0 N–H and O–H groups in total. The topological polar surface area (TPSA) is 41.1 Å². The third kappa shape index (κ3) is 5.22. The Hall–Kier alpha value is -7.30. The van der Waals surface area contributed by atoms with E-state index in [0.29, 0.717) is 5.84 Å². The van der Waals surface area contributed by atoms with Crippen LogP contribution in [0.4, 0.5) is 0 Å². The van der Waals surface area contributed by atoms with E-state index in [-0.39, 0.29) is 6.17 Å². The molecule has 0 fully saturated rings. The van der Waals surface area contributed by atoms with Crippen LogP contribution >= 0.6 is 0 Å². The van der Waals surface area contributed by atoms with Crippen molar-refractivity contribution in [3.05, 3.63) is 205 Å². The Labute approximate surface area is 324 Å². The average molecular weight is 718 g/mol. The number of fused-ring (bicyclic) bond motifs is 9. The fourth-order valence-electron chi connectivity index (χ4n) is 8.61. The van der Waals surface area contributed by atoms with Crippen molar-refractivity contribution in [1.82, 2.24) is 4.90 Å². The molecule has 0 saturated carbocycles. The van der Waals surface area contributed by atoms with Crippen molar-refractivity contribution in [1.29, 1.82) is 0 Å². The lowest BCUT2D eigenvalue weighted by atomic mass is 9.91. The van der Waals surface area contributed by atoms with Gasteiger partial charge in [0.15, 0.2) is 12.0 Å². The van der Waals surface area contributed by atoms with Crippen LogP contribution in [0, 0.1) is 0 Å². The summed E-state index contributed by atoms with van der Waals surface area (Å²) in [5.74, 6) is 1.57. The van der Waals surface area contributed by atoms with E-state index in [1.165, 1.54) is 37.9 Å². The fourth-order valence-corrected chi connectivity index (χ4v) is 8.61. The first-order valence-electron chi connectivity index (χ1n) is 19.1. The maximum atomic E-state index is 6.69.